The van der Waals surface area contributed by atoms with E-state index in [1.165, 1.54) is 16.7 Å². The molecule has 0 N–H and O–H groups in total. The summed E-state index contributed by atoms with van der Waals surface area (Å²) in [6.07, 6.45) is 1.72. The highest BCUT2D eigenvalue weighted by Gasteiger charge is 2.33. The molecule has 0 unspecified atom stereocenters. The second kappa shape index (κ2) is 8.45. The minimum Gasteiger partial charge on any atom is -0.494 e. The molecule has 1 amide bonds. The summed E-state index contributed by atoms with van der Waals surface area (Å²) in [4.78, 5) is 14.9. The minimum absolute atomic E-state index is 0.173. The Bertz CT molecular complexity index is 1090. The summed E-state index contributed by atoms with van der Waals surface area (Å²) in [6, 6.07) is 18.4. The third-order valence-electron chi connectivity index (χ3n) is 4.23. The van der Waals surface area contributed by atoms with Crippen LogP contribution in [0.5, 0.6) is 5.75 Å². The fourth-order valence-electron chi connectivity index (χ4n) is 2.88. The highest BCUT2D eigenvalue weighted by molar-refractivity contribution is 8.27. The summed E-state index contributed by atoms with van der Waals surface area (Å²) in [7, 11) is 0. The summed E-state index contributed by atoms with van der Waals surface area (Å²) in [5, 5.41) is 0.665. The van der Waals surface area contributed by atoms with E-state index >= 15 is 0 Å². The van der Waals surface area contributed by atoms with E-state index in [9.17, 15) is 4.79 Å². The number of thioether (sulfide) groups is 1. The maximum Gasteiger partial charge on any atom is 0.270 e. The first-order valence-electron chi connectivity index (χ1n) is 8.92. The van der Waals surface area contributed by atoms with Crippen LogP contribution in [0.2, 0.25) is 5.02 Å². The van der Waals surface area contributed by atoms with Gasteiger partial charge in [-0.3, -0.25) is 9.69 Å². The molecule has 2 aromatic carbocycles. The SMILES string of the molecule is CCOc1ccc(N2C(=O)/C(=C\c3ccc(-c4ccc(Cl)cc4)o3)SC2=S)cc1. The predicted octanol–water partition coefficient (Wildman–Crippen LogP) is 6.40. The van der Waals surface area contributed by atoms with Gasteiger partial charge in [-0.25, -0.2) is 0 Å². The molecule has 29 heavy (non-hydrogen) atoms. The van der Waals surface area contributed by atoms with E-state index < -0.39 is 0 Å². The molecule has 1 saturated heterocycles. The maximum atomic E-state index is 12.9. The molecule has 0 bridgehead atoms. The second-order valence-corrected chi connectivity index (χ2v) is 8.27. The summed E-state index contributed by atoms with van der Waals surface area (Å²) >= 11 is 12.6. The van der Waals surface area contributed by atoms with Crippen molar-refractivity contribution in [1.82, 2.24) is 0 Å². The number of hydrogen-bond donors (Lipinski definition) is 0. The van der Waals surface area contributed by atoms with Crippen molar-refractivity contribution in [2.24, 2.45) is 0 Å². The highest BCUT2D eigenvalue weighted by Crippen LogP contribution is 2.37. The van der Waals surface area contributed by atoms with Gasteiger partial charge in [-0.2, -0.15) is 0 Å². The molecule has 2 heterocycles. The van der Waals surface area contributed by atoms with Gasteiger partial charge in [0, 0.05) is 16.7 Å². The summed E-state index contributed by atoms with van der Waals surface area (Å²) in [6.45, 7) is 2.51. The van der Waals surface area contributed by atoms with Gasteiger partial charge in [0.05, 0.1) is 17.2 Å². The molecule has 4 rings (SSSR count). The fourth-order valence-corrected chi connectivity index (χ4v) is 4.28. The Labute approximate surface area is 183 Å². The number of carbonyl (C=O) groups excluding carboxylic acids is 1. The van der Waals surface area contributed by atoms with Gasteiger partial charge in [-0.15, -0.1) is 0 Å². The Kier molecular flexibility index (Phi) is 5.76. The van der Waals surface area contributed by atoms with Crippen LogP contribution >= 0.6 is 35.6 Å². The number of rotatable bonds is 5. The van der Waals surface area contributed by atoms with Gasteiger partial charge in [0.1, 0.15) is 17.3 Å². The second-order valence-electron chi connectivity index (χ2n) is 6.15. The predicted molar refractivity (Wildman–Crippen MR) is 122 cm³/mol. The molecule has 0 spiro atoms. The largest absolute Gasteiger partial charge is 0.494 e. The number of amides is 1. The average Bonchev–Trinajstić information content (AvgIpc) is 3.28. The number of ether oxygens (including phenoxy) is 1. The molecule has 7 heteroatoms. The lowest BCUT2D eigenvalue weighted by atomic mass is 10.2. The number of carbonyl (C=O) groups is 1. The molecule has 1 aliphatic heterocycles. The van der Waals surface area contributed by atoms with E-state index in [0.29, 0.717) is 38.1 Å². The van der Waals surface area contributed by atoms with Gasteiger partial charge in [0.25, 0.3) is 5.91 Å². The van der Waals surface area contributed by atoms with E-state index in [4.69, 9.17) is 33.0 Å². The van der Waals surface area contributed by atoms with Crippen molar-refractivity contribution in [2.45, 2.75) is 6.92 Å². The number of anilines is 1. The molecular formula is C22H16ClNO3S2. The molecule has 146 valence electrons. The fraction of sp³-hybridized carbons (Fsp3) is 0.0909. The van der Waals surface area contributed by atoms with Crippen LogP contribution in [-0.2, 0) is 4.79 Å². The maximum absolute atomic E-state index is 12.9. The molecular weight excluding hydrogens is 426 g/mol. The van der Waals surface area contributed by atoms with Crippen molar-refractivity contribution in [3.8, 4) is 17.1 Å². The zero-order chi connectivity index (χ0) is 20.4. The lowest BCUT2D eigenvalue weighted by Crippen LogP contribution is -2.27. The molecule has 1 fully saturated rings. The van der Waals surface area contributed by atoms with Crippen molar-refractivity contribution >= 4 is 57.6 Å². The number of benzene rings is 2. The molecule has 1 aromatic heterocycles. The average molecular weight is 442 g/mol. The van der Waals surface area contributed by atoms with E-state index in [1.54, 1.807) is 18.2 Å². The van der Waals surface area contributed by atoms with Gasteiger partial charge < -0.3 is 9.15 Å². The van der Waals surface area contributed by atoms with Crippen LogP contribution < -0.4 is 9.64 Å². The van der Waals surface area contributed by atoms with Crippen LogP contribution in [0.3, 0.4) is 0 Å². The van der Waals surface area contributed by atoms with Crippen molar-refractivity contribution in [1.29, 1.82) is 0 Å². The van der Waals surface area contributed by atoms with Gasteiger partial charge in [0.15, 0.2) is 4.32 Å². The highest BCUT2D eigenvalue weighted by atomic mass is 35.5. The van der Waals surface area contributed by atoms with E-state index in [0.717, 1.165) is 11.3 Å². The zero-order valence-corrected chi connectivity index (χ0v) is 17.8. The van der Waals surface area contributed by atoms with E-state index in [-0.39, 0.29) is 5.91 Å². The van der Waals surface area contributed by atoms with Crippen LogP contribution in [0.1, 0.15) is 12.7 Å². The lowest BCUT2D eigenvalue weighted by Gasteiger charge is -2.15. The van der Waals surface area contributed by atoms with Crippen molar-refractivity contribution in [3.63, 3.8) is 0 Å². The van der Waals surface area contributed by atoms with E-state index in [2.05, 4.69) is 0 Å². The van der Waals surface area contributed by atoms with Crippen molar-refractivity contribution < 1.29 is 13.9 Å². The molecule has 1 aliphatic rings. The summed E-state index contributed by atoms with van der Waals surface area (Å²) in [5.74, 6) is 1.87. The molecule has 0 aliphatic carbocycles. The third-order valence-corrected chi connectivity index (χ3v) is 5.78. The van der Waals surface area contributed by atoms with Gasteiger partial charge >= 0.3 is 0 Å². The Morgan fingerprint density at radius 3 is 2.52 bits per heavy atom. The van der Waals surface area contributed by atoms with Crippen LogP contribution in [-0.4, -0.2) is 16.8 Å². The molecule has 4 nitrogen and oxygen atoms in total. The monoisotopic (exact) mass is 441 g/mol. The summed E-state index contributed by atoms with van der Waals surface area (Å²) in [5.41, 5.74) is 1.62. The zero-order valence-electron chi connectivity index (χ0n) is 15.4. The smallest absolute Gasteiger partial charge is 0.270 e. The number of hydrogen-bond acceptors (Lipinski definition) is 5. The first-order valence-corrected chi connectivity index (χ1v) is 10.5. The molecule has 0 saturated carbocycles. The topological polar surface area (TPSA) is 42.7 Å². The number of nitrogens with zero attached hydrogens (tertiary/aromatic N) is 1. The van der Waals surface area contributed by atoms with Gasteiger partial charge in [-0.05, 0) is 67.6 Å². The van der Waals surface area contributed by atoms with Crippen molar-refractivity contribution in [3.05, 3.63) is 76.4 Å². The standard InChI is InChI=1S/C22H16ClNO3S2/c1-2-26-17-9-7-16(8-10-17)24-21(25)20(29-22(24)28)13-18-11-12-19(27-18)14-3-5-15(23)6-4-14/h3-13H,2H2,1H3/b20-13+. The lowest BCUT2D eigenvalue weighted by molar-refractivity contribution is -0.113. The van der Waals surface area contributed by atoms with Crippen molar-refractivity contribution in [2.75, 3.05) is 11.5 Å². The minimum atomic E-state index is -0.173. The quantitative estimate of drug-likeness (QED) is 0.338. The van der Waals surface area contributed by atoms with Gasteiger partial charge in [-0.1, -0.05) is 35.6 Å². The number of halogens is 1. The van der Waals surface area contributed by atoms with Crippen LogP contribution in [0.25, 0.3) is 17.4 Å². The van der Waals surface area contributed by atoms with Crippen LogP contribution in [0, 0.1) is 0 Å². The first-order chi connectivity index (χ1) is 14.0. The third kappa shape index (κ3) is 4.24. The first kappa shape index (κ1) is 19.8. The normalized spacial score (nSPS) is 15.4. The molecule has 0 atom stereocenters. The Morgan fingerprint density at radius 1 is 1.10 bits per heavy atom. The molecule has 0 radical (unpaired) electrons. The van der Waals surface area contributed by atoms with E-state index in [1.807, 2.05) is 55.5 Å². The van der Waals surface area contributed by atoms with Gasteiger partial charge in [0.2, 0.25) is 0 Å². The summed E-state index contributed by atoms with van der Waals surface area (Å²) < 4.78 is 11.8. The Balaban J connectivity index is 1.55. The number of thiocarbonyl (C=S) groups is 1. The Morgan fingerprint density at radius 2 is 1.83 bits per heavy atom. The van der Waals surface area contributed by atoms with Crippen LogP contribution in [0.15, 0.2) is 70.0 Å². The number of furan rings is 1. The Hall–Kier alpha value is -2.54. The molecule has 3 aromatic rings. The van der Waals surface area contributed by atoms with Crippen LogP contribution in [0.4, 0.5) is 5.69 Å².